The quantitative estimate of drug-likeness (QED) is 0.207. The number of rotatable bonds is 7. The molecule has 0 amide bonds. The van der Waals surface area contributed by atoms with Crippen LogP contribution in [0.5, 0.6) is 0 Å². The van der Waals surface area contributed by atoms with E-state index in [1.165, 1.54) is 36.5 Å². The van der Waals surface area contributed by atoms with E-state index in [1.54, 1.807) is 18.2 Å². The Labute approximate surface area is 238 Å². The number of hydrogen-bond acceptors (Lipinski definition) is 8. The summed E-state index contributed by atoms with van der Waals surface area (Å²) in [4.78, 5) is 4.39. The van der Waals surface area contributed by atoms with E-state index in [2.05, 4.69) is 32.6 Å². The molecule has 1 saturated heterocycles. The van der Waals surface area contributed by atoms with Crippen LogP contribution in [-0.2, 0) is 4.74 Å². The summed E-state index contributed by atoms with van der Waals surface area (Å²) in [5.74, 6) is -0.899. The van der Waals surface area contributed by atoms with Crippen molar-refractivity contribution < 1.29 is 13.5 Å². The van der Waals surface area contributed by atoms with Gasteiger partial charge < -0.3 is 20.8 Å². The third kappa shape index (κ3) is 5.08. The molecule has 3 heterocycles. The summed E-state index contributed by atoms with van der Waals surface area (Å²) in [6.45, 7) is 1.22. The van der Waals surface area contributed by atoms with E-state index in [0.717, 1.165) is 11.3 Å². The van der Waals surface area contributed by atoms with Crippen LogP contribution in [0.3, 0.4) is 0 Å². The van der Waals surface area contributed by atoms with Crippen molar-refractivity contribution in [3.63, 3.8) is 0 Å². The fraction of sp³-hybridized carbons (Fsp3) is 0.143. The summed E-state index contributed by atoms with van der Waals surface area (Å²) in [5.41, 5.74) is 10.2. The van der Waals surface area contributed by atoms with E-state index in [0.29, 0.717) is 46.2 Å². The lowest BCUT2D eigenvalue weighted by Crippen LogP contribution is -2.52. The minimum atomic E-state index is -0.554. The van der Waals surface area contributed by atoms with Crippen LogP contribution >= 0.6 is 23.2 Å². The maximum atomic E-state index is 13.8. The topological polar surface area (TPSA) is 97.3 Å². The van der Waals surface area contributed by atoms with Gasteiger partial charge in [0.2, 0.25) is 0 Å². The van der Waals surface area contributed by atoms with Crippen molar-refractivity contribution in [2.24, 2.45) is 0 Å². The molecule has 1 aromatic heterocycles. The standard InChI is InChI=1S/C28H21Cl2F2N7O/c29-22-8-18(5-6-24(22)32)35-26-16(10-33)11-34-28-21(26)7-19(9-23(28)30)36-27(15-1-3-17(31)4-2-15)25-12-39(38-37-25)20-13-40-14-20/h1-9,11-12,20,27,36-38H,13-14H2,(H,34,35)/t27-/m0/s1. The molecule has 4 N–H and O–H groups in total. The molecule has 2 aliphatic heterocycles. The summed E-state index contributed by atoms with van der Waals surface area (Å²) in [6, 6.07) is 15.9. The highest BCUT2D eigenvalue weighted by molar-refractivity contribution is 6.36. The van der Waals surface area contributed by atoms with Gasteiger partial charge in [-0.05, 0) is 48.0 Å². The number of pyridine rings is 1. The highest BCUT2D eigenvalue weighted by Crippen LogP contribution is 2.37. The fourth-order valence-corrected chi connectivity index (χ4v) is 4.96. The van der Waals surface area contributed by atoms with Crippen LogP contribution in [-0.4, -0.2) is 29.2 Å². The van der Waals surface area contributed by atoms with Gasteiger partial charge in [0.25, 0.3) is 0 Å². The molecule has 0 saturated carbocycles. The minimum absolute atomic E-state index is 0.0575. The molecule has 8 nitrogen and oxygen atoms in total. The van der Waals surface area contributed by atoms with Crippen molar-refractivity contribution in [3.8, 4) is 6.07 Å². The number of nitrogens with zero attached hydrogens (tertiary/aromatic N) is 3. The lowest BCUT2D eigenvalue weighted by atomic mass is 10.0. The van der Waals surface area contributed by atoms with Crippen LogP contribution in [0.15, 0.2) is 72.7 Å². The Morgan fingerprint density at radius 2 is 1.82 bits per heavy atom. The first-order chi connectivity index (χ1) is 19.4. The first-order valence-electron chi connectivity index (χ1n) is 12.3. The Bertz CT molecular complexity index is 1670. The summed E-state index contributed by atoms with van der Waals surface area (Å²) in [5, 5.41) is 19.3. The molecule has 0 bridgehead atoms. The van der Waals surface area contributed by atoms with E-state index in [-0.39, 0.29) is 22.4 Å². The second-order valence-corrected chi connectivity index (χ2v) is 10.1. The fourth-order valence-electron chi connectivity index (χ4n) is 4.51. The van der Waals surface area contributed by atoms with Crippen LogP contribution in [0.4, 0.5) is 25.8 Å². The van der Waals surface area contributed by atoms with E-state index in [1.807, 2.05) is 17.3 Å². The second kappa shape index (κ2) is 10.8. The SMILES string of the molecule is N#Cc1cnc2c(Cl)cc(N[C@H](C3=CN(C4COC4)NN3)c3ccc(F)cc3)cc2c1Nc1ccc(F)c(Cl)c1. The average molecular weight is 580 g/mol. The molecule has 1 atom stereocenters. The van der Waals surface area contributed by atoms with Crippen LogP contribution in [0.25, 0.3) is 10.9 Å². The number of hydrogen-bond donors (Lipinski definition) is 4. The van der Waals surface area contributed by atoms with Gasteiger partial charge in [-0.25, -0.2) is 8.78 Å². The van der Waals surface area contributed by atoms with Crippen molar-refractivity contribution in [2.45, 2.75) is 12.1 Å². The van der Waals surface area contributed by atoms with Crippen LogP contribution in [0, 0.1) is 23.0 Å². The molecular formula is C28H21Cl2F2N7O. The Kier molecular flexibility index (Phi) is 7.04. The molecule has 40 heavy (non-hydrogen) atoms. The molecule has 4 aromatic rings. The molecule has 0 radical (unpaired) electrons. The maximum Gasteiger partial charge on any atom is 0.141 e. The number of benzene rings is 3. The summed E-state index contributed by atoms with van der Waals surface area (Å²) in [6.07, 6.45) is 3.37. The zero-order valence-corrected chi connectivity index (χ0v) is 22.2. The van der Waals surface area contributed by atoms with Crippen LogP contribution in [0.2, 0.25) is 10.0 Å². The number of nitriles is 1. The van der Waals surface area contributed by atoms with Gasteiger partial charge >= 0.3 is 0 Å². The molecule has 6 rings (SSSR count). The molecule has 2 aliphatic rings. The van der Waals surface area contributed by atoms with Crippen molar-refractivity contribution in [2.75, 3.05) is 23.8 Å². The molecule has 12 heteroatoms. The van der Waals surface area contributed by atoms with Gasteiger partial charge in [0.1, 0.15) is 17.7 Å². The Morgan fingerprint density at radius 1 is 1.05 bits per heavy atom. The van der Waals surface area contributed by atoms with E-state index < -0.39 is 11.9 Å². The molecule has 0 unspecified atom stereocenters. The van der Waals surface area contributed by atoms with Gasteiger partial charge in [0, 0.05) is 29.2 Å². The number of anilines is 3. The van der Waals surface area contributed by atoms with E-state index in [9.17, 15) is 14.0 Å². The molecular weight excluding hydrogens is 559 g/mol. The third-order valence-electron chi connectivity index (χ3n) is 6.68. The van der Waals surface area contributed by atoms with Gasteiger partial charge in [0.15, 0.2) is 0 Å². The lowest BCUT2D eigenvalue weighted by Gasteiger charge is -2.33. The predicted octanol–water partition coefficient (Wildman–Crippen LogP) is 6.15. The van der Waals surface area contributed by atoms with Gasteiger partial charge in [-0.2, -0.15) is 5.26 Å². The minimum Gasteiger partial charge on any atom is -0.377 e. The van der Waals surface area contributed by atoms with Crippen molar-refractivity contribution in [1.29, 1.82) is 5.26 Å². The van der Waals surface area contributed by atoms with Gasteiger partial charge in [-0.1, -0.05) is 35.3 Å². The monoisotopic (exact) mass is 579 g/mol. The van der Waals surface area contributed by atoms with Crippen LogP contribution in [0.1, 0.15) is 17.2 Å². The zero-order valence-electron chi connectivity index (χ0n) is 20.7. The Hall–Kier alpha value is -4.14. The number of fused-ring (bicyclic) bond motifs is 1. The lowest BCUT2D eigenvalue weighted by molar-refractivity contribution is -0.0635. The normalized spacial score (nSPS) is 15.7. The number of hydrazine groups is 2. The predicted molar refractivity (Wildman–Crippen MR) is 150 cm³/mol. The maximum absolute atomic E-state index is 13.8. The van der Waals surface area contributed by atoms with Crippen molar-refractivity contribution >= 4 is 51.2 Å². The number of halogens is 4. The number of ether oxygens (including phenoxy) is 1. The molecule has 1 fully saturated rings. The Balaban J connectivity index is 1.41. The summed E-state index contributed by atoms with van der Waals surface area (Å²) >= 11 is 12.7. The first kappa shape index (κ1) is 26.1. The third-order valence-corrected chi connectivity index (χ3v) is 7.26. The van der Waals surface area contributed by atoms with E-state index >= 15 is 0 Å². The van der Waals surface area contributed by atoms with Crippen molar-refractivity contribution in [3.05, 3.63) is 105 Å². The van der Waals surface area contributed by atoms with Crippen LogP contribution < -0.4 is 21.6 Å². The van der Waals surface area contributed by atoms with Gasteiger partial charge in [0.05, 0.1) is 57.8 Å². The molecule has 0 aliphatic carbocycles. The first-order valence-corrected chi connectivity index (χ1v) is 13.0. The molecule has 3 aromatic carbocycles. The molecule has 0 spiro atoms. The number of nitrogens with one attached hydrogen (secondary N) is 4. The molecule has 202 valence electrons. The second-order valence-electron chi connectivity index (χ2n) is 9.32. The smallest absolute Gasteiger partial charge is 0.141 e. The highest BCUT2D eigenvalue weighted by atomic mass is 35.5. The number of aromatic nitrogens is 1. The summed E-state index contributed by atoms with van der Waals surface area (Å²) < 4.78 is 32.8. The highest BCUT2D eigenvalue weighted by Gasteiger charge is 2.30. The Morgan fingerprint density at radius 3 is 2.52 bits per heavy atom. The summed E-state index contributed by atoms with van der Waals surface area (Å²) in [7, 11) is 0. The van der Waals surface area contributed by atoms with E-state index in [4.69, 9.17) is 27.9 Å². The van der Waals surface area contributed by atoms with Crippen molar-refractivity contribution in [1.82, 2.24) is 21.0 Å². The largest absolute Gasteiger partial charge is 0.377 e. The average Bonchev–Trinajstić information content (AvgIpc) is 3.38. The van der Waals surface area contributed by atoms with Gasteiger partial charge in [-0.15, -0.1) is 5.53 Å². The zero-order chi connectivity index (χ0) is 27.8. The van der Waals surface area contributed by atoms with Gasteiger partial charge in [-0.3, -0.25) is 9.99 Å².